The van der Waals surface area contributed by atoms with Crippen molar-refractivity contribution in [2.75, 3.05) is 0 Å². The second kappa shape index (κ2) is 18.6. The van der Waals surface area contributed by atoms with E-state index in [1.54, 1.807) is 6.08 Å². The largest absolute Gasteiger partial charge is 0.459 e. The van der Waals surface area contributed by atoms with Crippen LogP contribution in [0.15, 0.2) is 12.2 Å². The molecule has 3 N–H and O–H groups in total. The first-order chi connectivity index (χ1) is 15.0. The van der Waals surface area contributed by atoms with Crippen LogP contribution in [0.2, 0.25) is 0 Å². The van der Waals surface area contributed by atoms with Gasteiger partial charge in [0.15, 0.2) is 0 Å². The smallest absolute Gasteiger partial charge is 0.330 e. The normalized spacial score (nSPS) is 19.2. The van der Waals surface area contributed by atoms with E-state index < -0.39 is 12.2 Å². The summed E-state index contributed by atoms with van der Waals surface area (Å²) in [6, 6.07) is 0. The quantitative estimate of drug-likeness (QED) is 0.170. The number of carbonyl (C=O) groups excluding carboxylic acids is 1. The summed E-state index contributed by atoms with van der Waals surface area (Å²) in [5.41, 5.74) is 0. The number of hydrogen-bond donors (Lipinski definition) is 3. The highest BCUT2D eigenvalue weighted by Crippen LogP contribution is 2.18. The molecule has 0 saturated carbocycles. The van der Waals surface area contributed by atoms with Crippen molar-refractivity contribution in [1.82, 2.24) is 0 Å². The Balaban J connectivity index is 1.91. The highest BCUT2D eigenvalue weighted by Gasteiger charge is 2.22. The molecule has 0 radical (unpaired) electrons. The molecule has 0 spiro atoms. The van der Waals surface area contributed by atoms with E-state index in [1.807, 2.05) is 0 Å². The zero-order chi connectivity index (χ0) is 22.7. The third-order valence-corrected chi connectivity index (χ3v) is 6.24. The number of aliphatic hydroxyl groups excluding tert-OH is 3. The average Bonchev–Trinajstić information content (AvgIpc) is 2.73. The topological polar surface area (TPSA) is 87.0 Å². The van der Waals surface area contributed by atoms with Crippen LogP contribution >= 0.6 is 0 Å². The Hall–Kier alpha value is -0.910. The number of carbonyl (C=O) groups is 1. The molecule has 182 valence electrons. The van der Waals surface area contributed by atoms with Crippen molar-refractivity contribution >= 4 is 5.97 Å². The predicted octanol–water partition coefficient (Wildman–Crippen LogP) is 5.59. The fourth-order valence-corrected chi connectivity index (χ4v) is 4.29. The fraction of sp³-hybridized carbons (Fsp3) is 0.885. The maximum absolute atomic E-state index is 11.2. The summed E-state index contributed by atoms with van der Waals surface area (Å²) in [6.07, 6.45) is 19.9. The Labute approximate surface area is 190 Å². The van der Waals surface area contributed by atoms with Crippen molar-refractivity contribution in [1.29, 1.82) is 0 Å². The van der Waals surface area contributed by atoms with E-state index in [2.05, 4.69) is 6.92 Å². The lowest BCUT2D eigenvalue weighted by atomic mass is 9.98. The minimum atomic E-state index is -0.701. The van der Waals surface area contributed by atoms with Crippen molar-refractivity contribution < 1.29 is 24.9 Å². The van der Waals surface area contributed by atoms with Crippen LogP contribution in [0, 0.1) is 0 Å². The van der Waals surface area contributed by atoms with E-state index in [0.29, 0.717) is 25.7 Å². The first-order valence-electron chi connectivity index (χ1n) is 12.9. The molecule has 1 heterocycles. The minimum Gasteiger partial charge on any atom is -0.459 e. The zero-order valence-corrected chi connectivity index (χ0v) is 19.9. The number of cyclic esters (lactones) is 1. The zero-order valence-electron chi connectivity index (χ0n) is 19.9. The minimum absolute atomic E-state index is 0.253. The van der Waals surface area contributed by atoms with Crippen molar-refractivity contribution in [3.63, 3.8) is 0 Å². The van der Waals surface area contributed by atoms with E-state index in [-0.39, 0.29) is 24.6 Å². The van der Waals surface area contributed by atoms with Gasteiger partial charge in [-0.2, -0.15) is 0 Å². The van der Waals surface area contributed by atoms with E-state index >= 15 is 0 Å². The van der Waals surface area contributed by atoms with Gasteiger partial charge in [-0.05, 0) is 25.7 Å². The van der Waals surface area contributed by atoms with Gasteiger partial charge in [-0.25, -0.2) is 4.79 Å². The van der Waals surface area contributed by atoms with Crippen molar-refractivity contribution in [3.8, 4) is 0 Å². The highest BCUT2D eigenvalue weighted by molar-refractivity contribution is 5.82. The maximum Gasteiger partial charge on any atom is 0.330 e. The van der Waals surface area contributed by atoms with Gasteiger partial charge in [0, 0.05) is 18.9 Å². The molecule has 1 rings (SSSR count). The molecular formula is C26H48O5. The molecule has 31 heavy (non-hydrogen) atoms. The summed E-state index contributed by atoms with van der Waals surface area (Å²) in [6.45, 7) is 2.26. The Morgan fingerprint density at radius 1 is 0.806 bits per heavy atom. The van der Waals surface area contributed by atoms with Crippen LogP contribution in [0.1, 0.15) is 122 Å². The summed E-state index contributed by atoms with van der Waals surface area (Å²) in [5, 5.41) is 30.4. The van der Waals surface area contributed by atoms with Gasteiger partial charge in [0.25, 0.3) is 0 Å². The molecule has 0 aliphatic carbocycles. The standard InChI is InChI=1S/C26H48O5/c1-2-3-4-5-6-7-8-9-10-11-12-13-15-22(27)18-19-23(28)20-24(29)21-25-16-14-17-26(30)31-25/h14,17,22-25,27-29H,2-13,15-16,18-21H2,1H3/t22-,23-,24-,25+/m0/s1. The molecule has 4 atom stereocenters. The van der Waals surface area contributed by atoms with Gasteiger partial charge in [0.05, 0.1) is 18.3 Å². The van der Waals surface area contributed by atoms with Gasteiger partial charge in [-0.1, -0.05) is 90.0 Å². The SMILES string of the molecule is CCCCCCCCCCCCCC[C@H](O)CC[C@H](O)C[C@H](O)C[C@H]1CC=CC(=O)O1. The molecule has 5 heteroatoms. The molecule has 1 aliphatic rings. The highest BCUT2D eigenvalue weighted by atomic mass is 16.5. The Kier molecular flexibility index (Phi) is 16.9. The van der Waals surface area contributed by atoms with Crippen LogP contribution in [-0.4, -0.2) is 45.7 Å². The molecule has 5 nitrogen and oxygen atoms in total. The van der Waals surface area contributed by atoms with Crippen LogP contribution in [0.3, 0.4) is 0 Å². The van der Waals surface area contributed by atoms with Crippen molar-refractivity contribution in [2.24, 2.45) is 0 Å². The monoisotopic (exact) mass is 440 g/mol. The Morgan fingerprint density at radius 2 is 1.35 bits per heavy atom. The van der Waals surface area contributed by atoms with Crippen LogP contribution in [0.5, 0.6) is 0 Å². The summed E-state index contributed by atoms with van der Waals surface area (Å²) in [4.78, 5) is 11.2. The summed E-state index contributed by atoms with van der Waals surface area (Å²) < 4.78 is 5.14. The number of esters is 1. The lowest BCUT2D eigenvalue weighted by molar-refractivity contribution is -0.145. The Morgan fingerprint density at radius 3 is 1.94 bits per heavy atom. The third-order valence-electron chi connectivity index (χ3n) is 6.24. The molecule has 0 fully saturated rings. The molecule has 0 aromatic heterocycles. The molecule has 0 unspecified atom stereocenters. The summed E-state index contributed by atoms with van der Waals surface area (Å²) in [7, 11) is 0. The molecule has 0 aromatic rings. The first-order valence-corrected chi connectivity index (χ1v) is 12.9. The molecule has 1 aliphatic heterocycles. The molecule has 0 bridgehead atoms. The van der Waals surface area contributed by atoms with Gasteiger partial charge in [0.2, 0.25) is 0 Å². The van der Waals surface area contributed by atoms with E-state index in [1.165, 1.54) is 76.7 Å². The molecule has 0 saturated heterocycles. The van der Waals surface area contributed by atoms with E-state index in [0.717, 1.165) is 12.8 Å². The van der Waals surface area contributed by atoms with Crippen molar-refractivity contribution in [2.45, 2.75) is 147 Å². The average molecular weight is 441 g/mol. The lowest BCUT2D eigenvalue weighted by Crippen LogP contribution is -2.28. The second-order valence-corrected chi connectivity index (χ2v) is 9.38. The Bertz CT molecular complexity index is 465. The lowest BCUT2D eigenvalue weighted by Gasteiger charge is -2.23. The number of hydrogen-bond acceptors (Lipinski definition) is 5. The molecule has 0 amide bonds. The molecule has 0 aromatic carbocycles. The predicted molar refractivity (Wildman–Crippen MR) is 126 cm³/mol. The number of rotatable bonds is 20. The first kappa shape index (κ1) is 28.1. The van der Waals surface area contributed by atoms with Gasteiger partial charge >= 0.3 is 5.97 Å². The van der Waals surface area contributed by atoms with Crippen LogP contribution < -0.4 is 0 Å². The maximum atomic E-state index is 11.2. The van der Waals surface area contributed by atoms with Crippen LogP contribution in [0.4, 0.5) is 0 Å². The third kappa shape index (κ3) is 16.4. The van der Waals surface area contributed by atoms with Gasteiger partial charge < -0.3 is 20.1 Å². The van der Waals surface area contributed by atoms with Gasteiger partial charge in [-0.3, -0.25) is 0 Å². The number of ether oxygens (including phenoxy) is 1. The molecular weight excluding hydrogens is 392 g/mol. The summed E-state index contributed by atoms with van der Waals surface area (Å²) >= 11 is 0. The van der Waals surface area contributed by atoms with Gasteiger partial charge in [-0.15, -0.1) is 0 Å². The van der Waals surface area contributed by atoms with E-state index in [9.17, 15) is 20.1 Å². The van der Waals surface area contributed by atoms with Crippen LogP contribution in [0.25, 0.3) is 0 Å². The van der Waals surface area contributed by atoms with Gasteiger partial charge in [0.1, 0.15) is 6.10 Å². The number of aliphatic hydroxyl groups is 3. The number of unbranched alkanes of at least 4 members (excludes halogenated alkanes) is 11. The summed E-state index contributed by atoms with van der Waals surface area (Å²) in [5.74, 6) is -0.370. The fourth-order valence-electron chi connectivity index (χ4n) is 4.29. The van der Waals surface area contributed by atoms with Crippen molar-refractivity contribution in [3.05, 3.63) is 12.2 Å². The van der Waals surface area contributed by atoms with E-state index in [4.69, 9.17) is 4.74 Å². The van der Waals surface area contributed by atoms with Crippen LogP contribution in [-0.2, 0) is 9.53 Å². The second-order valence-electron chi connectivity index (χ2n) is 9.38.